The van der Waals surface area contributed by atoms with Crippen molar-refractivity contribution >= 4 is 22.8 Å². The van der Waals surface area contributed by atoms with Crippen molar-refractivity contribution in [2.24, 2.45) is 0 Å². The first-order valence-electron chi connectivity index (χ1n) is 12.6. The molecule has 1 N–H and O–H groups in total. The van der Waals surface area contributed by atoms with Crippen molar-refractivity contribution in [1.82, 2.24) is 25.2 Å². The fraction of sp³-hybridized carbons (Fsp3) is 0.357. The van der Waals surface area contributed by atoms with Gasteiger partial charge < -0.3 is 14.6 Å². The van der Waals surface area contributed by atoms with E-state index in [-0.39, 0.29) is 30.9 Å². The van der Waals surface area contributed by atoms with Crippen molar-refractivity contribution < 1.29 is 14.0 Å². The van der Waals surface area contributed by atoms with Crippen LogP contribution in [0.4, 0.5) is 0 Å². The van der Waals surface area contributed by atoms with E-state index in [4.69, 9.17) is 4.42 Å². The number of benzene rings is 2. The van der Waals surface area contributed by atoms with Gasteiger partial charge in [-0.2, -0.15) is 0 Å². The van der Waals surface area contributed by atoms with E-state index in [1.54, 1.807) is 21.9 Å². The molecule has 0 spiro atoms. The van der Waals surface area contributed by atoms with Crippen LogP contribution in [0.2, 0.25) is 0 Å². The zero-order chi connectivity index (χ0) is 24.9. The van der Waals surface area contributed by atoms with Crippen LogP contribution in [0.25, 0.3) is 11.0 Å². The largest absolute Gasteiger partial charge is 0.467 e. The number of para-hydroxylation sites is 1. The molecule has 1 atom stereocenters. The van der Waals surface area contributed by atoms with Crippen LogP contribution in [-0.4, -0.2) is 37.7 Å². The summed E-state index contributed by atoms with van der Waals surface area (Å²) in [6, 6.07) is 18.4. The van der Waals surface area contributed by atoms with Gasteiger partial charge in [0.2, 0.25) is 11.8 Å². The quantitative estimate of drug-likeness (QED) is 0.379. The maximum atomic E-state index is 13.9. The Morgan fingerprint density at radius 2 is 1.86 bits per heavy atom. The van der Waals surface area contributed by atoms with Gasteiger partial charge in [0.1, 0.15) is 23.9 Å². The number of carbonyl (C=O) groups excluding carboxylic acids is 2. The van der Waals surface area contributed by atoms with Crippen molar-refractivity contribution in [3.8, 4) is 0 Å². The Morgan fingerprint density at radius 3 is 2.58 bits per heavy atom. The molecule has 1 aliphatic rings. The molecule has 2 heterocycles. The minimum Gasteiger partial charge on any atom is -0.467 e. The summed E-state index contributed by atoms with van der Waals surface area (Å²) in [5, 5.41) is 11.6. The summed E-state index contributed by atoms with van der Waals surface area (Å²) >= 11 is 0. The Kier molecular flexibility index (Phi) is 7.11. The molecule has 2 amide bonds. The lowest BCUT2D eigenvalue weighted by Gasteiger charge is -2.32. The zero-order valence-electron chi connectivity index (χ0n) is 20.5. The average Bonchev–Trinajstić information content (AvgIpc) is 3.67. The Hall–Kier alpha value is -3.94. The number of rotatable bonds is 9. The first kappa shape index (κ1) is 23.8. The van der Waals surface area contributed by atoms with Crippen LogP contribution in [0, 0.1) is 0 Å². The van der Waals surface area contributed by atoms with Gasteiger partial charge in [-0.1, -0.05) is 61.4 Å². The van der Waals surface area contributed by atoms with E-state index in [9.17, 15) is 9.59 Å². The molecule has 1 fully saturated rings. The number of nitrogens with one attached hydrogen (secondary N) is 1. The topological polar surface area (TPSA) is 93.3 Å². The van der Waals surface area contributed by atoms with Crippen LogP contribution < -0.4 is 5.32 Å². The summed E-state index contributed by atoms with van der Waals surface area (Å²) in [6.07, 6.45) is 6.61. The summed E-state index contributed by atoms with van der Waals surface area (Å²) in [5.41, 5.74) is 3.43. The van der Waals surface area contributed by atoms with E-state index < -0.39 is 6.04 Å². The molecule has 0 aliphatic heterocycles. The van der Waals surface area contributed by atoms with E-state index in [0.717, 1.165) is 43.2 Å². The highest BCUT2D eigenvalue weighted by Crippen LogP contribution is 2.27. The van der Waals surface area contributed by atoms with Gasteiger partial charge in [0, 0.05) is 6.04 Å². The van der Waals surface area contributed by atoms with Gasteiger partial charge in [0.15, 0.2) is 0 Å². The van der Waals surface area contributed by atoms with E-state index in [1.807, 2.05) is 54.6 Å². The smallest absolute Gasteiger partial charge is 0.247 e. The summed E-state index contributed by atoms with van der Waals surface area (Å²) in [7, 11) is 0. The van der Waals surface area contributed by atoms with E-state index in [1.165, 1.54) is 5.56 Å². The van der Waals surface area contributed by atoms with Gasteiger partial charge in [0.05, 0.1) is 18.3 Å². The monoisotopic (exact) mass is 485 g/mol. The molecule has 0 radical (unpaired) electrons. The van der Waals surface area contributed by atoms with Gasteiger partial charge in [-0.25, -0.2) is 4.68 Å². The van der Waals surface area contributed by atoms with E-state index in [0.29, 0.717) is 11.3 Å². The third-order valence-corrected chi connectivity index (χ3v) is 6.90. The van der Waals surface area contributed by atoms with E-state index in [2.05, 4.69) is 22.6 Å². The highest BCUT2D eigenvalue weighted by atomic mass is 16.3. The van der Waals surface area contributed by atoms with Gasteiger partial charge in [-0.15, -0.1) is 5.10 Å². The normalized spacial score (nSPS) is 14.7. The van der Waals surface area contributed by atoms with Crippen LogP contribution in [0.3, 0.4) is 0 Å². The van der Waals surface area contributed by atoms with E-state index >= 15 is 0 Å². The van der Waals surface area contributed by atoms with Crippen molar-refractivity contribution in [2.75, 3.05) is 0 Å². The van der Waals surface area contributed by atoms with Crippen LogP contribution in [0.5, 0.6) is 0 Å². The summed E-state index contributed by atoms with van der Waals surface area (Å²) in [6.45, 7) is 2.21. The SMILES string of the molecule is CCc1ccc(C(C(=O)NC2CCCC2)N(Cc2ccco2)C(=O)Cn2nnc3ccccc32)cc1. The number of fused-ring (bicyclic) bond motifs is 1. The second-order valence-corrected chi connectivity index (χ2v) is 9.32. The average molecular weight is 486 g/mol. The van der Waals surface area contributed by atoms with Crippen LogP contribution in [-0.2, 0) is 29.1 Å². The molecular formula is C28H31N5O3. The maximum Gasteiger partial charge on any atom is 0.247 e. The minimum atomic E-state index is -0.802. The minimum absolute atomic E-state index is 0.0402. The summed E-state index contributed by atoms with van der Waals surface area (Å²) in [4.78, 5) is 29.2. The van der Waals surface area contributed by atoms with Gasteiger partial charge in [-0.3, -0.25) is 9.59 Å². The summed E-state index contributed by atoms with van der Waals surface area (Å²) in [5.74, 6) is 0.193. The number of hydrogen-bond acceptors (Lipinski definition) is 5. The number of aryl methyl sites for hydroxylation is 1. The molecule has 5 rings (SSSR count). The molecular weight excluding hydrogens is 454 g/mol. The Bertz CT molecular complexity index is 1310. The molecule has 186 valence electrons. The highest BCUT2D eigenvalue weighted by molar-refractivity contribution is 5.89. The Labute approximate surface area is 210 Å². The van der Waals surface area contributed by atoms with Crippen LogP contribution in [0.1, 0.15) is 55.5 Å². The third kappa shape index (κ3) is 5.17. The highest BCUT2D eigenvalue weighted by Gasteiger charge is 2.34. The van der Waals surface area contributed by atoms with Crippen molar-refractivity contribution in [1.29, 1.82) is 0 Å². The first-order valence-corrected chi connectivity index (χ1v) is 12.6. The molecule has 2 aromatic heterocycles. The van der Waals surface area contributed by atoms with Crippen molar-refractivity contribution in [2.45, 2.75) is 64.2 Å². The maximum absolute atomic E-state index is 13.9. The van der Waals surface area contributed by atoms with Gasteiger partial charge in [0.25, 0.3) is 0 Å². The molecule has 1 saturated carbocycles. The second kappa shape index (κ2) is 10.8. The predicted molar refractivity (Wildman–Crippen MR) is 136 cm³/mol. The standard InChI is InChI=1S/C28H31N5O3/c1-2-20-13-15-21(16-14-20)27(28(35)29-22-8-3-4-9-22)32(18-23-10-7-17-36-23)26(34)19-33-25-12-6-5-11-24(25)30-31-33/h5-7,10-17,22,27H,2-4,8-9,18-19H2,1H3,(H,29,35). The number of carbonyl (C=O) groups is 2. The van der Waals surface area contributed by atoms with Crippen molar-refractivity contribution in [3.05, 3.63) is 83.8 Å². The van der Waals surface area contributed by atoms with Crippen molar-refractivity contribution in [3.63, 3.8) is 0 Å². The fourth-order valence-electron chi connectivity index (χ4n) is 4.91. The predicted octanol–water partition coefficient (Wildman–Crippen LogP) is 4.42. The van der Waals surface area contributed by atoms with Gasteiger partial charge in [-0.05, 0) is 54.7 Å². The molecule has 36 heavy (non-hydrogen) atoms. The van der Waals surface area contributed by atoms with Gasteiger partial charge >= 0.3 is 0 Å². The number of nitrogens with zero attached hydrogens (tertiary/aromatic N) is 4. The number of hydrogen-bond donors (Lipinski definition) is 1. The lowest BCUT2D eigenvalue weighted by molar-refractivity contribution is -0.142. The molecule has 8 nitrogen and oxygen atoms in total. The fourth-order valence-corrected chi connectivity index (χ4v) is 4.91. The Morgan fingerprint density at radius 1 is 1.08 bits per heavy atom. The first-order chi connectivity index (χ1) is 17.6. The molecule has 8 heteroatoms. The molecule has 0 bridgehead atoms. The van der Waals surface area contributed by atoms with Crippen LogP contribution >= 0.6 is 0 Å². The molecule has 0 saturated heterocycles. The summed E-state index contributed by atoms with van der Waals surface area (Å²) < 4.78 is 7.18. The molecule has 2 aromatic carbocycles. The second-order valence-electron chi connectivity index (χ2n) is 9.32. The third-order valence-electron chi connectivity index (χ3n) is 6.90. The zero-order valence-corrected chi connectivity index (χ0v) is 20.5. The number of amides is 2. The number of furan rings is 1. The lowest BCUT2D eigenvalue weighted by Crippen LogP contribution is -2.46. The lowest BCUT2D eigenvalue weighted by atomic mass is 10.0. The Balaban J connectivity index is 1.50. The molecule has 1 unspecified atom stereocenters. The molecule has 4 aromatic rings. The number of aromatic nitrogens is 3. The molecule has 1 aliphatic carbocycles. The van der Waals surface area contributed by atoms with Crippen LogP contribution in [0.15, 0.2) is 71.3 Å².